The van der Waals surface area contributed by atoms with Crippen molar-refractivity contribution in [3.8, 4) is 0 Å². The summed E-state index contributed by atoms with van der Waals surface area (Å²) >= 11 is 0. The van der Waals surface area contributed by atoms with Crippen molar-refractivity contribution in [2.45, 2.75) is 32.6 Å². The Morgan fingerprint density at radius 2 is 2.25 bits per heavy atom. The lowest BCUT2D eigenvalue weighted by Crippen LogP contribution is -2.23. The van der Waals surface area contributed by atoms with Crippen molar-refractivity contribution in [2.24, 2.45) is 17.8 Å². The van der Waals surface area contributed by atoms with Crippen molar-refractivity contribution in [1.29, 1.82) is 0 Å². The number of hydrogen-bond donors (Lipinski definition) is 0. The molecule has 2 saturated carbocycles. The summed E-state index contributed by atoms with van der Waals surface area (Å²) in [6.45, 7) is 2.41. The Morgan fingerprint density at radius 3 is 2.75 bits per heavy atom. The van der Waals surface area contributed by atoms with Crippen LogP contribution in [0.3, 0.4) is 0 Å². The molecule has 2 aliphatic rings. The maximum absolute atomic E-state index is 11.4. The van der Waals surface area contributed by atoms with Crippen LogP contribution >= 0.6 is 0 Å². The zero-order valence-corrected chi connectivity index (χ0v) is 7.58. The lowest BCUT2D eigenvalue weighted by Gasteiger charge is -2.19. The third-order valence-corrected chi connectivity index (χ3v) is 3.33. The minimum atomic E-state index is 0.0599. The molecule has 68 valence electrons. The second-order valence-corrected chi connectivity index (χ2v) is 4.03. The van der Waals surface area contributed by atoms with Gasteiger partial charge in [-0.05, 0) is 38.0 Å². The lowest BCUT2D eigenvalue weighted by molar-refractivity contribution is -0.149. The van der Waals surface area contributed by atoms with Gasteiger partial charge in [-0.2, -0.15) is 0 Å². The molecule has 0 saturated heterocycles. The molecule has 2 fully saturated rings. The van der Waals surface area contributed by atoms with Crippen molar-refractivity contribution in [1.82, 2.24) is 0 Å². The van der Waals surface area contributed by atoms with Gasteiger partial charge in [0.05, 0.1) is 12.5 Å². The first-order chi connectivity index (χ1) is 5.81. The van der Waals surface area contributed by atoms with Crippen LogP contribution in [0, 0.1) is 17.8 Å². The number of carbonyl (C=O) groups is 1. The largest absolute Gasteiger partial charge is 0.466 e. The normalized spacial score (nSPS) is 38.6. The quantitative estimate of drug-likeness (QED) is 0.589. The topological polar surface area (TPSA) is 26.3 Å². The lowest BCUT2D eigenvalue weighted by atomic mass is 9.89. The summed E-state index contributed by atoms with van der Waals surface area (Å²) in [4.78, 5) is 11.4. The Kier molecular flexibility index (Phi) is 2.07. The molecule has 2 aliphatic carbocycles. The van der Waals surface area contributed by atoms with Gasteiger partial charge in [0.2, 0.25) is 0 Å². The van der Waals surface area contributed by atoms with Crippen molar-refractivity contribution in [3.05, 3.63) is 0 Å². The van der Waals surface area contributed by atoms with E-state index >= 15 is 0 Å². The van der Waals surface area contributed by atoms with Crippen LogP contribution in [0.25, 0.3) is 0 Å². The van der Waals surface area contributed by atoms with Crippen LogP contribution in [0.5, 0.6) is 0 Å². The highest BCUT2D eigenvalue weighted by atomic mass is 16.5. The molecule has 12 heavy (non-hydrogen) atoms. The molecule has 0 amide bonds. The smallest absolute Gasteiger partial charge is 0.309 e. The zero-order chi connectivity index (χ0) is 8.55. The molecule has 2 bridgehead atoms. The molecule has 0 N–H and O–H groups in total. The molecule has 0 aliphatic heterocycles. The van der Waals surface area contributed by atoms with E-state index in [0.29, 0.717) is 12.5 Å². The molecule has 0 unspecified atom stereocenters. The minimum absolute atomic E-state index is 0.0599. The summed E-state index contributed by atoms with van der Waals surface area (Å²) in [5, 5.41) is 0. The number of hydrogen-bond acceptors (Lipinski definition) is 2. The van der Waals surface area contributed by atoms with Gasteiger partial charge >= 0.3 is 5.97 Å². The number of ether oxygens (including phenoxy) is 1. The van der Waals surface area contributed by atoms with Crippen LogP contribution in [-0.4, -0.2) is 12.6 Å². The maximum Gasteiger partial charge on any atom is 0.309 e. The van der Waals surface area contributed by atoms with Gasteiger partial charge in [-0.25, -0.2) is 0 Å². The van der Waals surface area contributed by atoms with Crippen LogP contribution in [0.4, 0.5) is 0 Å². The summed E-state index contributed by atoms with van der Waals surface area (Å²) in [6, 6.07) is 0. The first kappa shape index (κ1) is 8.09. The van der Waals surface area contributed by atoms with Gasteiger partial charge in [0.25, 0.3) is 0 Å². The van der Waals surface area contributed by atoms with E-state index in [9.17, 15) is 4.79 Å². The van der Waals surface area contributed by atoms with Gasteiger partial charge in [0.1, 0.15) is 0 Å². The van der Waals surface area contributed by atoms with Crippen LogP contribution in [0.2, 0.25) is 0 Å². The predicted molar refractivity (Wildman–Crippen MR) is 45.6 cm³/mol. The summed E-state index contributed by atoms with van der Waals surface area (Å²) in [7, 11) is 0. The Hall–Kier alpha value is -0.530. The molecule has 0 heterocycles. The van der Waals surface area contributed by atoms with Crippen molar-refractivity contribution < 1.29 is 9.53 Å². The van der Waals surface area contributed by atoms with E-state index < -0.39 is 0 Å². The van der Waals surface area contributed by atoms with Crippen LogP contribution in [0.1, 0.15) is 32.6 Å². The molecular weight excluding hydrogens is 152 g/mol. The molecule has 2 rings (SSSR count). The summed E-state index contributed by atoms with van der Waals surface area (Å²) in [6.07, 6.45) is 4.99. The SMILES string of the molecule is CCOC(=O)[C@@H]1C[C@@H]2CC[C@@H]1C2. The molecule has 0 spiro atoms. The van der Waals surface area contributed by atoms with Gasteiger partial charge < -0.3 is 4.74 Å². The number of esters is 1. The van der Waals surface area contributed by atoms with Gasteiger partial charge in [-0.1, -0.05) is 6.42 Å². The number of fused-ring (bicyclic) bond motifs is 2. The van der Waals surface area contributed by atoms with Gasteiger partial charge in [-0.15, -0.1) is 0 Å². The number of rotatable bonds is 2. The van der Waals surface area contributed by atoms with E-state index in [-0.39, 0.29) is 11.9 Å². The van der Waals surface area contributed by atoms with E-state index in [1.165, 1.54) is 19.3 Å². The Bertz CT molecular complexity index is 188. The van der Waals surface area contributed by atoms with Gasteiger partial charge in [0, 0.05) is 0 Å². The van der Waals surface area contributed by atoms with Gasteiger partial charge in [0.15, 0.2) is 0 Å². The molecule has 0 aromatic carbocycles. The minimum Gasteiger partial charge on any atom is -0.466 e. The summed E-state index contributed by atoms with van der Waals surface area (Å²) in [5.74, 6) is 1.81. The third kappa shape index (κ3) is 1.23. The maximum atomic E-state index is 11.4. The molecule has 2 heteroatoms. The number of carbonyl (C=O) groups excluding carboxylic acids is 1. The zero-order valence-electron chi connectivity index (χ0n) is 7.58. The summed E-state index contributed by atoms with van der Waals surface area (Å²) < 4.78 is 5.04. The fourth-order valence-electron chi connectivity index (χ4n) is 2.78. The van der Waals surface area contributed by atoms with Crippen LogP contribution in [-0.2, 0) is 9.53 Å². The van der Waals surface area contributed by atoms with Crippen molar-refractivity contribution >= 4 is 5.97 Å². The first-order valence-corrected chi connectivity index (χ1v) is 4.98. The van der Waals surface area contributed by atoms with Crippen LogP contribution < -0.4 is 0 Å². The highest BCUT2D eigenvalue weighted by Gasteiger charge is 2.43. The van der Waals surface area contributed by atoms with E-state index in [1.54, 1.807) is 0 Å². The van der Waals surface area contributed by atoms with E-state index in [2.05, 4.69) is 0 Å². The van der Waals surface area contributed by atoms with Gasteiger partial charge in [-0.3, -0.25) is 4.79 Å². The van der Waals surface area contributed by atoms with Crippen molar-refractivity contribution in [3.63, 3.8) is 0 Å². The molecule has 0 radical (unpaired) electrons. The Morgan fingerprint density at radius 1 is 1.42 bits per heavy atom. The van der Waals surface area contributed by atoms with Crippen LogP contribution in [0.15, 0.2) is 0 Å². The fourth-order valence-corrected chi connectivity index (χ4v) is 2.78. The molecule has 3 atom stereocenters. The fraction of sp³-hybridized carbons (Fsp3) is 0.900. The average Bonchev–Trinajstić information content (AvgIpc) is 2.64. The first-order valence-electron chi connectivity index (χ1n) is 4.98. The Labute approximate surface area is 73.3 Å². The molecule has 0 aromatic rings. The Balaban J connectivity index is 1.93. The molecular formula is C10H16O2. The second-order valence-electron chi connectivity index (χ2n) is 4.03. The highest BCUT2D eigenvalue weighted by molar-refractivity contribution is 5.73. The molecule has 0 aromatic heterocycles. The van der Waals surface area contributed by atoms with E-state index in [0.717, 1.165) is 12.3 Å². The predicted octanol–water partition coefficient (Wildman–Crippen LogP) is 1.99. The monoisotopic (exact) mass is 168 g/mol. The highest BCUT2D eigenvalue weighted by Crippen LogP contribution is 2.48. The summed E-state index contributed by atoms with van der Waals surface area (Å²) in [5.41, 5.74) is 0. The standard InChI is InChI=1S/C10H16O2/c1-2-12-10(11)9-6-7-3-4-8(9)5-7/h7-9H,2-6H2,1H3/t7-,8-,9-/m1/s1. The molecule has 2 nitrogen and oxygen atoms in total. The third-order valence-electron chi connectivity index (χ3n) is 3.33. The second kappa shape index (κ2) is 3.08. The van der Waals surface area contributed by atoms with E-state index in [1.807, 2.05) is 6.92 Å². The average molecular weight is 168 g/mol. The van der Waals surface area contributed by atoms with Crippen molar-refractivity contribution in [2.75, 3.05) is 6.61 Å². The van der Waals surface area contributed by atoms with E-state index in [4.69, 9.17) is 4.74 Å².